The molecule has 0 heterocycles. The fraction of sp³-hybridized carbons (Fsp3) is 1.00. The lowest BCUT2D eigenvalue weighted by Crippen LogP contribution is -2.26. The van der Waals surface area contributed by atoms with Gasteiger partial charge >= 0.3 is 9.28 Å². The Kier molecular flexibility index (Phi) is 8.33. The van der Waals surface area contributed by atoms with E-state index in [1.165, 1.54) is 0 Å². The zero-order chi connectivity index (χ0) is 9.40. The Morgan fingerprint density at radius 2 is 1.67 bits per heavy atom. The highest BCUT2D eigenvalue weighted by molar-refractivity contribution is 6.46. The zero-order valence-corrected chi connectivity index (χ0v) is 10.1. The second kappa shape index (κ2) is 8.04. The zero-order valence-electron chi connectivity index (χ0n) is 8.18. The Labute approximate surface area is 82.0 Å². The van der Waals surface area contributed by atoms with Crippen LogP contribution in [0.4, 0.5) is 0 Å². The van der Waals surface area contributed by atoms with Gasteiger partial charge in [0.2, 0.25) is 0 Å². The molecule has 0 fully saturated rings. The molecule has 0 N–H and O–H groups in total. The normalized spacial score (nSPS) is 13.8. The summed E-state index contributed by atoms with van der Waals surface area (Å²) in [6.45, 7) is 7.55. The van der Waals surface area contributed by atoms with Gasteiger partial charge in [0.15, 0.2) is 0 Å². The highest BCUT2D eigenvalue weighted by Gasteiger charge is 2.16. The molecule has 0 saturated heterocycles. The van der Waals surface area contributed by atoms with Crippen molar-refractivity contribution in [1.29, 1.82) is 0 Å². The SMILES string of the molecule is CCO[SiH](CC(Cl)CC)OCC. The van der Waals surface area contributed by atoms with Crippen molar-refractivity contribution < 1.29 is 8.85 Å². The molecule has 0 saturated carbocycles. The van der Waals surface area contributed by atoms with E-state index in [0.717, 1.165) is 25.7 Å². The second-order valence-corrected chi connectivity index (χ2v) is 5.20. The summed E-state index contributed by atoms with van der Waals surface area (Å²) >= 11 is 6.01. The molecule has 1 unspecified atom stereocenters. The maximum absolute atomic E-state index is 6.01. The quantitative estimate of drug-likeness (QED) is 0.474. The first-order chi connectivity index (χ1) is 5.74. The fourth-order valence-corrected chi connectivity index (χ4v) is 3.23. The third-order valence-electron chi connectivity index (χ3n) is 1.60. The number of halogens is 1. The van der Waals surface area contributed by atoms with Crippen LogP contribution in [0.3, 0.4) is 0 Å². The molecule has 0 aliphatic rings. The molecule has 74 valence electrons. The van der Waals surface area contributed by atoms with Gasteiger partial charge in [-0.25, -0.2) is 0 Å². The molecule has 1 atom stereocenters. The van der Waals surface area contributed by atoms with Gasteiger partial charge in [-0.3, -0.25) is 0 Å². The van der Waals surface area contributed by atoms with E-state index in [2.05, 4.69) is 6.92 Å². The van der Waals surface area contributed by atoms with Crippen molar-refractivity contribution in [3.63, 3.8) is 0 Å². The Hall–Kier alpha value is 0.427. The molecule has 12 heavy (non-hydrogen) atoms. The van der Waals surface area contributed by atoms with Crippen LogP contribution in [0.1, 0.15) is 27.2 Å². The molecule has 0 radical (unpaired) electrons. The van der Waals surface area contributed by atoms with Gasteiger partial charge in [-0.1, -0.05) is 6.92 Å². The standard InChI is InChI=1S/C8H19ClO2Si/c1-4-8(9)7-12(10-5-2)11-6-3/h8,12H,4-7H2,1-3H3. The summed E-state index contributed by atoms with van der Waals surface area (Å²) in [5.41, 5.74) is 0. The van der Waals surface area contributed by atoms with E-state index in [4.69, 9.17) is 20.5 Å². The van der Waals surface area contributed by atoms with E-state index in [1.807, 2.05) is 13.8 Å². The van der Waals surface area contributed by atoms with Crippen molar-refractivity contribution in [2.24, 2.45) is 0 Å². The summed E-state index contributed by atoms with van der Waals surface area (Å²) in [6.07, 6.45) is 0.991. The third-order valence-corrected chi connectivity index (χ3v) is 4.75. The van der Waals surface area contributed by atoms with E-state index in [-0.39, 0.29) is 5.38 Å². The van der Waals surface area contributed by atoms with Crippen LogP contribution in [0, 0.1) is 0 Å². The largest absolute Gasteiger partial charge is 0.397 e. The smallest absolute Gasteiger partial charge is 0.322 e. The van der Waals surface area contributed by atoms with Crippen molar-refractivity contribution in [1.82, 2.24) is 0 Å². The van der Waals surface area contributed by atoms with Gasteiger partial charge in [-0.05, 0) is 20.3 Å². The van der Waals surface area contributed by atoms with Gasteiger partial charge in [0, 0.05) is 24.6 Å². The summed E-state index contributed by atoms with van der Waals surface area (Å²) in [5, 5.41) is 0.222. The molecule has 0 aliphatic carbocycles. The first-order valence-corrected chi connectivity index (χ1v) is 6.81. The summed E-state index contributed by atoms with van der Waals surface area (Å²) < 4.78 is 11.0. The van der Waals surface area contributed by atoms with Crippen LogP contribution in [-0.2, 0) is 8.85 Å². The van der Waals surface area contributed by atoms with Gasteiger partial charge in [0.05, 0.1) is 0 Å². The van der Waals surface area contributed by atoms with Crippen LogP contribution in [0.15, 0.2) is 0 Å². The summed E-state index contributed by atoms with van der Waals surface area (Å²) in [5.74, 6) is 0. The van der Waals surface area contributed by atoms with Crippen molar-refractivity contribution >= 4 is 20.9 Å². The van der Waals surface area contributed by atoms with E-state index in [9.17, 15) is 0 Å². The van der Waals surface area contributed by atoms with Crippen molar-refractivity contribution in [2.75, 3.05) is 13.2 Å². The summed E-state index contributed by atoms with van der Waals surface area (Å²) in [4.78, 5) is 0. The average Bonchev–Trinajstić information content (AvgIpc) is 2.05. The van der Waals surface area contributed by atoms with Gasteiger partial charge in [-0.15, -0.1) is 11.6 Å². The second-order valence-electron chi connectivity index (χ2n) is 2.58. The number of rotatable bonds is 7. The lowest BCUT2D eigenvalue weighted by molar-refractivity contribution is 0.213. The van der Waals surface area contributed by atoms with Crippen LogP contribution in [0.25, 0.3) is 0 Å². The average molecular weight is 211 g/mol. The van der Waals surface area contributed by atoms with Gasteiger partial charge in [0.1, 0.15) is 0 Å². The van der Waals surface area contributed by atoms with Crippen LogP contribution < -0.4 is 0 Å². The highest BCUT2D eigenvalue weighted by atomic mass is 35.5. The van der Waals surface area contributed by atoms with Crippen molar-refractivity contribution in [2.45, 2.75) is 38.6 Å². The minimum Gasteiger partial charge on any atom is -0.397 e. The predicted molar refractivity (Wildman–Crippen MR) is 55.1 cm³/mol. The lowest BCUT2D eigenvalue weighted by Gasteiger charge is -2.16. The Bertz CT molecular complexity index is 97.1. The third kappa shape index (κ3) is 6.00. The molecular weight excluding hydrogens is 192 g/mol. The van der Waals surface area contributed by atoms with Crippen LogP contribution in [-0.4, -0.2) is 27.9 Å². The Morgan fingerprint density at radius 1 is 1.17 bits per heavy atom. The Morgan fingerprint density at radius 3 is 2.00 bits per heavy atom. The molecule has 0 aromatic rings. The van der Waals surface area contributed by atoms with E-state index >= 15 is 0 Å². The predicted octanol–water partition coefficient (Wildman–Crippen LogP) is 2.30. The number of hydrogen-bond acceptors (Lipinski definition) is 2. The molecule has 0 spiro atoms. The first-order valence-electron chi connectivity index (χ1n) is 4.61. The molecule has 4 heteroatoms. The van der Waals surface area contributed by atoms with Crippen molar-refractivity contribution in [3.8, 4) is 0 Å². The van der Waals surface area contributed by atoms with Crippen LogP contribution >= 0.6 is 11.6 Å². The summed E-state index contributed by atoms with van der Waals surface area (Å²) in [6, 6.07) is 0.916. The molecule has 0 aromatic carbocycles. The number of hydrogen-bond donors (Lipinski definition) is 0. The molecule has 0 aliphatic heterocycles. The van der Waals surface area contributed by atoms with Gasteiger partial charge < -0.3 is 8.85 Å². The minimum atomic E-state index is -1.44. The van der Waals surface area contributed by atoms with Crippen LogP contribution in [0.5, 0.6) is 0 Å². The number of alkyl halides is 1. The Balaban J connectivity index is 3.61. The maximum Gasteiger partial charge on any atom is 0.322 e. The van der Waals surface area contributed by atoms with Gasteiger partial charge in [-0.2, -0.15) is 0 Å². The van der Waals surface area contributed by atoms with E-state index < -0.39 is 9.28 Å². The first kappa shape index (κ1) is 12.4. The van der Waals surface area contributed by atoms with E-state index in [1.54, 1.807) is 0 Å². The summed E-state index contributed by atoms with van der Waals surface area (Å²) in [7, 11) is -1.44. The van der Waals surface area contributed by atoms with Gasteiger partial charge in [0.25, 0.3) is 0 Å². The lowest BCUT2D eigenvalue weighted by atomic mass is 10.4. The maximum atomic E-state index is 6.01. The minimum absolute atomic E-state index is 0.222. The molecule has 0 amide bonds. The molecular formula is C8H19ClO2Si. The molecule has 0 rings (SSSR count). The van der Waals surface area contributed by atoms with E-state index in [0.29, 0.717) is 0 Å². The molecule has 0 bridgehead atoms. The molecule has 2 nitrogen and oxygen atoms in total. The van der Waals surface area contributed by atoms with Crippen LogP contribution in [0.2, 0.25) is 6.04 Å². The van der Waals surface area contributed by atoms with Crippen molar-refractivity contribution in [3.05, 3.63) is 0 Å². The topological polar surface area (TPSA) is 18.5 Å². The highest BCUT2D eigenvalue weighted by Crippen LogP contribution is 2.11. The fourth-order valence-electron chi connectivity index (χ4n) is 0.931. The molecule has 0 aromatic heterocycles. The monoisotopic (exact) mass is 210 g/mol.